The van der Waals surface area contributed by atoms with Crippen LogP contribution in [-0.4, -0.2) is 61.6 Å². The predicted octanol–water partition coefficient (Wildman–Crippen LogP) is 1.38. The number of amides is 2. The maximum absolute atomic E-state index is 12.8. The highest BCUT2D eigenvalue weighted by atomic mass is 16.5. The van der Waals surface area contributed by atoms with Crippen LogP contribution in [0.15, 0.2) is 18.2 Å². The van der Waals surface area contributed by atoms with E-state index in [0.29, 0.717) is 30.2 Å². The summed E-state index contributed by atoms with van der Waals surface area (Å²) in [7, 11) is 3.06. The van der Waals surface area contributed by atoms with Gasteiger partial charge in [-0.15, -0.1) is 0 Å². The number of carboxylic acids is 1. The molecule has 0 bridgehead atoms. The number of nitrogens with zero attached hydrogens (tertiary/aromatic N) is 2. The van der Waals surface area contributed by atoms with Crippen LogP contribution < -0.4 is 14.4 Å². The molecule has 0 radical (unpaired) electrons. The van der Waals surface area contributed by atoms with Crippen LogP contribution in [0.25, 0.3) is 0 Å². The molecule has 0 aliphatic carbocycles. The van der Waals surface area contributed by atoms with Crippen molar-refractivity contribution in [3.8, 4) is 11.5 Å². The Labute approximate surface area is 157 Å². The summed E-state index contributed by atoms with van der Waals surface area (Å²) in [4.78, 5) is 39.9. The van der Waals surface area contributed by atoms with Gasteiger partial charge in [0.25, 0.3) is 0 Å². The number of ether oxygens (including phenoxy) is 2. The molecule has 0 aromatic heterocycles. The minimum Gasteiger partial charge on any atom is -0.497 e. The number of hydrogen-bond donors (Lipinski definition) is 1. The first-order chi connectivity index (χ1) is 12.8. The Hall–Kier alpha value is -2.77. The Balaban J connectivity index is 1.74. The SMILES string of the molecule is COc1cc(OC)cc(N2CC(C(=O)N3CCC(C)(C(=O)O)C3)CC2=O)c1. The van der Waals surface area contributed by atoms with Crippen molar-refractivity contribution >= 4 is 23.5 Å². The summed E-state index contributed by atoms with van der Waals surface area (Å²) in [5, 5.41) is 9.34. The molecule has 2 saturated heterocycles. The highest BCUT2D eigenvalue weighted by molar-refractivity contribution is 6.00. The van der Waals surface area contributed by atoms with Crippen LogP contribution in [-0.2, 0) is 14.4 Å². The Kier molecular flexibility index (Phi) is 4.99. The minimum absolute atomic E-state index is 0.110. The van der Waals surface area contributed by atoms with E-state index in [-0.39, 0.29) is 31.3 Å². The summed E-state index contributed by atoms with van der Waals surface area (Å²) < 4.78 is 10.5. The van der Waals surface area contributed by atoms with Gasteiger partial charge in [0.05, 0.1) is 31.2 Å². The smallest absolute Gasteiger partial charge is 0.311 e. The van der Waals surface area contributed by atoms with Crippen molar-refractivity contribution in [3.63, 3.8) is 0 Å². The lowest BCUT2D eigenvalue weighted by Gasteiger charge is -2.23. The van der Waals surface area contributed by atoms with Crippen molar-refractivity contribution in [2.75, 3.05) is 38.8 Å². The van der Waals surface area contributed by atoms with Gasteiger partial charge in [-0.25, -0.2) is 0 Å². The maximum Gasteiger partial charge on any atom is 0.311 e. The molecule has 1 aromatic carbocycles. The molecule has 2 fully saturated rings. The quantitative estimate of drug-likeness (QED) is 0.834. The Morgan fingerprint density at radius 2 is 1.81 bits per heavy atom. The standard InChI is InChI=1S/C19H24N2O6/c1-19(18(24)25)4-5-20(11-19)17(23)12-6-16(22)21(10-12)13-7-14(26-2)9-15(8-13)27-3/h7-9,12H,4-6,10-11H2,1-3H3,(H,24,25). The van der Waals surface area contributed by atoms with Crippen molar-refractivity contribution in [1.82, 2.24) is 4.90 Å². The molecular formula is C19H24N2O6. The van der Waals surface area contributed by atoms with Crippen molar-refractivity contribution in [2.24, 2.45) is 11.3 Å². The first-order valence-electron chi connectivity index (χ1n) is 8.83. The molecule has 8 nitrogen and oxygen atoms in total. The van der Waals surface area contributed by atoms with Crippen LogP contribution in [0.3, 0.4) is 0 Å². The summed E-state index contributed by atoms with van der Waals surface area (Å²) >= 11 is 0. The molecule has 0 saturated carbocycles. The van der Waals surface area contributed by atoms with Crippen LogP contribution in [0.1, 0.15) is 19.8 Å². The molecular weight excluding hydrogens is 352 g/mol. The number of carbonyl (C=O) groups excluding carboxylic acids is 2. The molecule has 3 rings (SSSR count). The third-order valence-corrected chi connectivity index (χ3v) is 5.42. The van der Waals surface area contributed by atoms with Gasteiger partial charge in [-0.3, -0.25) is 14.4 Å². The number of anilines is 1. The van der Waals surface area contributed by atoms with E-state index in [4.69, 9.17) is 9.47 Å². The first kappa shape index (κ1) is 19.0. The molecule has 1 N–H and O–H groups in total. The van der Waals surface area contributed by atoms with Crippen molar-refractivity contribution in [2.45, 2.75) is 19.8 Å². The van der Waals surface area contributed by atoms with E-state index in [0.717, 1.165) is 0 Å². The first-order valence-corrected chi connectivity index (χ1v) is 8.83. The van der Waals surface area contributed by atoms with Gasteiger partial charge >= 0.3 is 5.97 Å². The Morgan fingerprint density at radius 3 is 2.33 bits per heavy atom. The number of rotatable bonds is 5. The van der Waals surface area contributed by atoms with Crippen molar-refractivity contribution < 1.29 is 29.0 Å². The van der Waals surface area contributed by atoms with E-state index in [1.165, 1.54) is 14.2 Å². The number of carboxylic acid groups (broad SMARTS) is 1. The minimum atomic E-state index is -0.919. The summed E-state index contributed by atoms with van der Waals surface area (Å²) in [5.41, 5.74) is -0.304. The average molecular weight is 376 g/mol. The molecule has 8 heteroatoms. The lowest BCUT2D eigenvalue weighted by atomic mass is 9.90. The van der Waals surface area contributed by atoms with E-state index in [9.17, 15) is 19.5 Å². The van der Waals surface area contributed by atoms with Gasteiger partial charge in [0.2, 0.25) is 11.8 Å². The van der Waals surface area contributed by atoms with Crippen molar-refractivity contribution in [1.29, 1.82) is 0 Å². The number of aliphatic carboxylic acids is 1. The second kappa shape index (κ2) is 7.09. The largest absolute Gasteiger partial charge is 0.497 e. The van der Waals surface area contributed by atoms with Gasteiger partial charge in [0, 0.05) is 44.3 Å². The predicted molar refractivity (Wildman–Crippen MR) is 96.9 cm³/mol. The zero-order valence-corrected chi connectivity index (χ0v) is 15.7. The fourth-order valence-electron chi connectivity index (χ4n) is 3.65. The van der Waals surface area contributed by atoms with E-state index in [1.807, 2.05) is 0 Å². The molecule has 2 aliphatic heterocycles. The second-order valence-electron chi connectivity index (χ2n) is 7.35. The molecule has 2 heterocycles. The molecule has 146 valence electrons. The van der Waals surface area contributed by atoms with Gasteiger partial charge in [-0.2, -0.15) is 0 Å². The molecule has 1 aromatic rings. The number of hydrogen-bond acceptors (Lipinski definition) is 5. The Bertz CT molecular complexity index is 757. The van der Waals surface area contributed by atoms with Crippen LogP contribution in [0.5, 0.6) is 11.5 Å². The Morgan fingerprint density at radius 1 is 1.19 bits per heavy atom. The average Bonchev–Trinajstić information content (AvgIpc) is 3.25. The normalized spacial score (nSPS) is 25.0. The molecule has 2 unspecified atom stereocenters. The number of carbonyl (C=O) groups is 3. The molecule has 2 aliphatic rings. The number of benzene rings is 1. The summed E-state index contributed by atoms with van der Waals surface area (Å²) in [6.45, 7) is 2.49. The molecule has 2 atom stereocenters. The monoisotopic (exact) mass is 376 g/mol. The van der Waals surface area contributed by atoms with Gasteiger partial charge in [0.1, 0.15) is 11.5 Å². The molecule has 2 amide bonds. The highest BCUT2D eigenvalue weighted by Gasteiger charge is 2.45. The summed E-state index contributed by atoms with van der Waals surface area (Å²) in [6.07, 6.45) is 0.532. The van der Waals surface area contributed by atoms with Gasteiger partial charge in [0.15, 0.2) is 0 Å². The lowest BCUT2D eigenvalue weighted by molar-refractivity contribution is -0.147. The van der Waals surface area contributed by atoms with E-state index in [2.05, 4.69) is 0 Å². The zero-order chi connectivity index (χ0) is 19.8. The van der Waals surface area contributed by atoms with E-state index in [1.54, 1.807) is 34.9 Å². The number of methoxy groups -OCH3 is 2. The zero-order valence-electron chi connectivity index (χ0n) is 15.7. The van der Waals surface area contributed by atoms with E-state index >= 15 is 0 Å². The van der Waals surface area contributed by atoms with Crippen LogP contribution in [0.4, 0.5) is 5.69 Å². The lowest BCUT2D eigenvalue weighted by Crippen LogP contribution is -2.39. The van der Waals surface area contributed by atoms with E-state index < -0.39 is 17.3 Å². The van der Waals surface area contributed by atoms with Crippen LogP contribution in [0, 0.1) is 11.3 Å². The van der Waals surface area contributed by atoms with Gasteiger partial charge in [-0.1, -0.05) is 0 Å². The summed E-state index contributed by atoms with van der Waals surface area (Å²) in [6, 6.07) is 5.17. The fraction of sp³-hybridized carbons (Fsp3) is 0.526. The maximum atomic E-state index is 12.8. The topological polar surface area (TPSA) is 96.4 Å². The molecule has 0 spiro atoms. The fourth-order valence-corrected chi connectivity index (χ4v) is 3.65. The van der Waals surface area contributed by atoms with Crippen LogP contribution >= 0.6 is 0 Å². The highest BCUT2D eigenvalue weighted by Crippen LogP contribution is 2.35. The third kappa shape index (κ3) is 3.56. The number of likely N-dealkylation sites (tertiary alicyclic amines) is 1. The van der Waals surface area contributed by atoms with Gasteiger partial charge in [-0.05, 0) is 13.3 Å². The second-order valence-corrected chi connectivity index (χ2v) is 7.35. The van der Waals surface area contributed by atoms with Gasteiger partial charge < -0.3 is 24.4 Å². The van der Waals surface area contributed by atoms with Crippen molar-refractivity contribution in [3.05, 3.63) is 18.2 Å². The molecule has 27 heavy (non-hydrogen) atoms. The van der Waals surface area contributed by atoms with Crippen LogP contribution in [0.2, 0.25) is 0 Å². The summed E-state index contributed by atoms with van der Waals surface area (Å²) in [5.74, 6) is -0.571. The third-order valence-electron chi connectivity index (χ3n) is 5.42.